The van der Waals surface area contributed by atoms with Crippen molar-refractivity contribution in [3.63, 3.8) is 0 Å². The minimum absolute atomic E-state index is 0. The molecule has 12 heteroatoms. The van der Waals surface area contributed by atoms with E-state index in [4.69, 9.17) is 11.6 Å². The van der Waals surface area contributed by atoms with Gasteiger partial charge < -0.3 is 9.80 Å². The maximum atomic E-state index is 13.0. The number of hydrogen-bond acceptors (Lipinski definition) is 6. The highest BCUT2D eigenvalue weighted by Gasteiger charge is 2.31. The molecule has 202 valence electrons. The molecular formula is C23H39Cl2N3O5S2. The first-order chi connectivity index (χ1) is 15.8. The molecular weight excluding hydrogens is 533 g/mol. The lowest BCUT2D eigenvalue weighted by Gasteiger charge is -2.37. The number of rotatable bonds is 12. The zero-order valence-corrected chi connectivity index (χ0v) is 24.1. The van der Waals surface area contributed by atoms with E-state index in [0.29, 0.717) is 25.0 Å². The second kappa shape index (κ2) is 14.1. The van der Waals surface area contributed by atoms with E-state index in [1.807, 2.05) is 18.2 Å². The number of nitrogens with zero attached hydrogens (tertiary/aromatic N) is 2. The molecule has 35 heavy (non-hydrogen) atoms. The van der Waals surface area contributed by atoms with Gasteiger partial charge in [-0.25, -0.2) is 21.6 Å². The number of benzene rings is 1. The summed E-state index contributed by atoms with van der Waals surface area (Å²) in [7, 11) is -6.97. The predicted octanol–water partition coefficient (Wildman–Crippen LogP) is 2.61. The van der Waals surface area contributed by atoms with Gasteiger partial charge >= 0.3 is 0 Å². The number of halogens is 2. The van der Waals surface area contributed by atoms with E-state index in [0.717, 1.165) is 49.9 Å². The number of sulfone groups is 1. The summed E-state index contributed by atoms with van der Waals surface area (Å²) in [6, 6.07) is 7.22. The fraction of sp³-hybridized carbons (Fsp3) is 0.696. The van der Waals surface area contributed by atoms with E-state index in [1.54, 1.807) is 4.90 Å². The first kappa shape index (κ1) is 32.1. The number of likely N-dealkylation sites (N-methyl/N-ethyl adjacent to an activating group) is 1. The third-order valence-corrected chi connectivity index (χ3v) is 8.23. The van der Waals surface area contributed by atoms with Gasteiger partial charge in [0.15, 0.2) is 0 Å². The lowest BCUT2D eigenvalue weighted by atomic mass is 9.94. The number of hydrogen-bond donors (Lipinski definition) is 1. The van der Waals surface area contributed by atoms with Crippen LogP contribution in [-0.4, -0.2) is 89.1 Å². The highest BCUT2D eigenvalue weighted by molar-refractivity contribution is 7.90. The molecule has 0 saturated carbocycles. The van der Waals surface area contributed by atoms with Crippen LogP contribution in [0.4, 0.5) is 0 Å². The largest absolute Gasteiger partial charge is 0.341 e. The van der Waals surface area contributed by atoms with Crippen LogP contribution < -0.4 is 4.72 Å². The van der Waals surface area contributed by atoms with Crippen molar-refractivity contribution in [2.45, 2.75) is 51.6 Å². The lowest BCUT2D eigenvalue weighted by molar-refractivity contribution is -0.134. The average Bonchev–Trinajstić information content (AvgIpc) is 2.73. The van der Waals surface area contributed by atoms with Crippen LogP contribution in [0.1, 0.15) is 38.7 Å². The van der Waals surface area contributed by atoms with Crippen LogP contribution >= 0.6 is 24.0 Å². The van der Waals surface area contributed by atoms with Gasteiger partial charge in [-0.1, -0.05) is 30.7 Å². The Morgan fingerprint density at radius 2 is 1.83 bits per heavy atom. The number of sulfonamides is 1. The van der Waals surface area contributed by atoms with Crippen LogP contribution in [0.15, 0.2) is 24.3 Å². The van der Waals surface area contributed by atoms with Crippen molar-refractivity contribution in [3.05, 3.63) is 34.9 Å². The summed E-state index contributed by atoms with van der Waals surface area (Å²) in [5.74, 6) is -0.171. The van der Waals surface area contributed by atoms with E-state index in [9.17, 15) is 21.6 Å². The fourth-order valence-electron chi connectivity index (χ4n) is 4.47. The van der Waals surface area contributed by atoms with Gasteiger partial charge in [-0.05, 0) is 62.8 Å². The summed E-state index contributed by atoms with van der Waals surface area (Å²) >= 11 is 6.12. The van der Waals surface area contributed by atoms with Gasteiger partial charge in [-0.3, -0.25) is 4.79 Å². The van der Waals surface area contributed by atoms with Crippen molar-refractivity contribution >= 4 is 49.8 Å². The molecule has 1 fully saturated rings. The molecule has 2 atom stereocenters. The summed E-state index contributed by atoms with van der Waals surface area (Å²) in [4.78, 5) is 17.1. The van der Waals surface area contributed by atoms with Crippen LogP contribution in [-0.2, 0) is 31.1 Å². The van der Waals surface area contributed by atoms with E-state index in [1.165, 1.54) is 5.56 Å². The van der Waals surface area contributed by atoms with Gasteiger partial charge in [-0.15, -0.1) is 12.4 Å². The van der Waals surface area contributed by atoms with Crippen molar-refractivity contribution in [2.24, 2.45) is 5.92 Å². The molecule has 1 aromatic rings. The third kappa shape index (κ3) is 11.8. The van der Waals surface area contributed by atoms with E-state index in [2.05, 4.69) is 29.5 Å². The van der Waals surface area contributed by atoms with E-state index in [-0.39, 0.29) is 30.5 Å². The fourth-order valence-corrected chi connectivity index (χ4v) is 6.08. The molecule has 1 aliphatic heterocycles. The SMILES string of the molecule is CCN(CC1CCN(C(=O)[C@H](CCS(C)(=O)=O)NS(C)(=O)=O)CC1)C(C)Cc1cccc(Cl)c1.Cl. The number of likely N-dealkylation sites (tertiary alicyclic amines) is 1. The summed E-state index contributed by atoms with van der Waals surface area (Å²) < 4.78 is 48.9. The Morgan fingerprint density at radius 1 is 1.20 bits per heavy atom. The van der Waals surface area contributed by atoms with Gasteiger partial charge in [0, 0.05) is 37.0 Å². The smallest absolute Gasteiger partial charge is 0.240 e. The minimum Gasteiger partial charge on any atom is -0.341 e. The zero-order valence-electron chi connectivity index (χ0n) is 20.9. The monoisotopic (exact) mass is 571 g/mol. The number of amides is 1. The third-order valence-electron chi connectivity index (χ3n) is 6.30. The summed E-state index contributed by atoms with van der Waals surface area (Å²) in [6.07, 6.45) is 4.53. The Kier molecular flexibility index (Phi) is 13.0. The van der Waals surface area contributed by atoms with E-state index >= 15 is 0 Å². The van der Waals surface area contributed by atoms with Crippen LogP contribution in [0.5, 0.6) is 0 Å². The maximum Gasteiger partial charge on any atom is 0.240 e. The van der Waals surface area contributed by atoms with Crippen LogP contribution in [0.2, 0.25) is 5.02 Å². The van der Waals surface area contributed by atoms with Crippen LogP contribution in [0.25, 0.3) is 0 Å². The molecule has 1 unspecified atom stereocenters. The molecule has 1 heterocycles. The van der Waals surface area contributed by atoms with E-state index < -0.39 is 25.9 Å². The molecule has 1 N–H and O–H groups in total. The van der Waals surface area contributed by atoms with Gasteiger partial charge in [0.2, 0.25) is 15.9 Å². The molecule has 0 spiro atoms. The Bertz CT molecular complexity index is 1030. The molecule has 2 rings (SSSR count). The van der Waals surface area contributed by atoms with Crippen LogP contribution in [0.3, 0.4) is 0 Å². The first-order valence-corrected chi connectivity index (χ1v) is 16.0. The van der Waals surface area contributed by atoms with Gasteiger partial charge in [0.25, 0.3) is 0 Å². The number of carbonyl (C=O) groups is 1. The van der Waals surface area contributed by atoms with Crippen molar-refractivity contribution in [1.29, 1.82) is 0 Å². The minimum atomic E-state index is -3.65. The standard InChI is InChI=1S/C23H38ClN3O5S2.ClH/c1-5-26(18(2)15-20-7-6-8-21(24)16-20)17-19-9-12-27(13-10-19)23(28)22(25-34(4,31)32)11-14-33(3,29)30;/h6-8,16,18-19,22,25H,5,9-15,17H2,1-4H3;1H/t18?,22-;/m0./s1. The second-order valence-electron chi connectivity index (χ2n) is 9.40. The Balaban J connectivity index is 0.00000612. The highest BCUT2D eigenvalue weighted by Crippen LogP contribution is 2.22. The van der Waals surface area contributed by atoms with Crippen LogP contribution in [0, 0.1) is 5.92 Å². The van der Waals surface area contributed by atoms with Crippen molar-refractivity contribution in [2.75, 3.05) is 44.4 Å². The highest BCUT2D eigenvalue weighted by atomic mass is 35.5. The molecule has 1 aliphatic rings. The maximum absolute atomic E-state index is 13.0. The Hall–Kier alpha value is -0.910. The Morgan fingerprint density at radius 3 is 2.34 bits per heavy atom. The summed E-state index contributed by atoms with van der Waals surface area (Å²) in [5.41, 5.74) is 1.21. The lowest BCUT2D eigenvalue weighted by Crippen LogP contribution is -2.51. The molecule has 1 saturated heterocycles. The summed E-state index contributed by atoms with van der Waals surface area (Å²) in [5, 5.41) is 0.741. The number of nitrogens with one attached hydrogen (secondary N) is 1. The van der Waals surface area contributed by atoms with Gasteiger partial charge in [-0.2, -0.15) is 0 Å². The predicted molar refractivity (Wildman–Crippen MR) is 145 cm³/mol. The van der Waals surface area contributed by atoms with Gasteiger partial charge in [0.05, 0.1) is 12.0 Å². The molecule has 0 aliphatic carbocycles. The zero-order chi connectivity index (χ0) is 25.5. The molecule has 1 aromatic carbocycles. The molecule has 1 amide bonds. The number of piperidine rings is 1. The normalized spacial score (nSPS) is 17.1. The van der Waals surface area contributed by atoms with Crippen molar-refractivity contribution in [3.8, 4) is 0 Å². The Labute approximate surface area is 222 Å². The van der Waals surface area contributed by atoms with Crippen molar-refractivity contribution < 1.29 is 21.6 Å². The number of carbonyl (C=O) groups excluding carboxylic acids is 1. The molecule has 0 bridgehead atoms. The van der Waals surface area contributed by atoms with Crippen molar-refractivity contribution in [1.82, 2.24) is 14.5 Å². The summed E-state index contributed by atoms with van der Waals surface area (Å²) in [6.45, 7) is 7.28. The molecule has 0 radical (unpaired) electrons. The average molecular weight is 573 g/mol. The first-order valence-electron chi connectivity index (χ1n) is 11.7. The molecule has 8 nitrogen and oxygen atoms in total. The molecule has 0 aromatic heterocycles. The van der Waals surface area contributed by atoms with Gasteiger partial charge in [0.1, 0.15) is 15.9 Å². The quantitative estimate of drug-likeness (QED) is 0.413. The topological polar surface area (TPSA) is 104 Å². The second-order valence-corrected chi connectivity index (χ2v) is 13.9.